The lowest BCUT2D eigenvalue weighted by molar-refractivity contribution is 0.242. The zero-order valence-electron chi connectivity index (χ0n) is 13.5. The van der Waals surface area contributed by atoms with E-state index in [-0.39, 0.29) is 0 Å². The number of aromatic nitrogens is 3. The SMILES string of the molecule is Cc1nc2nc3cccccc3n2c1SCCN1CCCCC1. The monoisotopic (exact) mass is 326 g/mol. The molecule has 0 atom stereocenters. The van der Waals surface area contributed by atoms with Gasteiger partial charge in [0, 0.05) is 12.3 Å². The molecule has 0 N–H and O–H groups in total. The zero-order chi connectivity index (χ0) is 15.6. The van der Waals surface area contributed by atoms with Gasteiger partial charge in [0.25, 0.3) is 0 Å². The fourth-order valence-corrected chi connectivity index (χ4v) is 4.44. The molecule has 0 bridgehead atoms. The minimum atomic E-state index is 0.823. The summed E-state index contributed by atoms with van der Waals surface area (Å²) in [6.45, 7) is 5.78. The third-order valence-corrected chi connectivity index (χ3v) is 5.67. The van der Waals surface area contributed by atoms with E-state index in [1.165, 1.54) is 37.4 Å². The lowest BCUT2D eigenvalue weighted by atomic mass is 10.1. The second-order valence-electron chi connectivity index (χ2n) is 6.18. The number of hydrogen-bond acceptors (Lipinski definition) is 4. The van der Waals surface area contributed by atoms with E-state index < -0.39 is 0 Å². The number of imidazole rings is 2. The van der Waals surface area contributed by atoms with Crippen LogP contribution in [0.3, 0.4) is 0 Å². The molecule has 0 unspecified atom stereocenters. The van der Waals surface area contributed by atoms with Crippen molar-refractivity contribution in [1.29, 1.82) is 0 Å². The molecule has 0 saturated carbocycles. The molecule has 1 saturated heterocycles. The van der Waals surface area contributed by atoms with Crippen LogP contribution < -0.4 is 0 Å². The predicted molar refractivity (Wildman–Crippen MR) is 96.2 cm³/mol. The minimum absolute atomic E-state index is 0.823. The molecule has 0 amide bonds. The molecule has 4 nitrogen and oxygen atoms in total. The van der Waals surface area contributed by atoms with E-state index in [1.807, 2.05) is 23.9 Å². The van der Waals surface area contributed by atoms with Crippen molar-refractivity contribution in [2.45, 2.75) is 31.2 Å². The number of hydrogen-bond donors (Lipinski definition) is 0. The smallest absolute Gasteiger partial charge is 0.236 e. The molecule has 0 spiro atoms. The van der Waals surface area contributed by atoms with Gasteiger partial charge in [-0.3, -0.25) is 4.40 Å². The van der Waals surface area contributed by atoms with Gasteiger partial charge in [-0.1, -0.05) is 24.6 Å². The maximum atomic E-state index is 4.66. The Morgan fingerprint density at radius 1 is 1.04 bits per heavy atom. The first-order chi connectivity index (χ1) is 11.3. The van der Waals surface area contributed by atoms with Crippen LogP contribution >= 0.6 is 11.8 Å². The van der Waals surface area contributed by atoms with Crippen molar-refractivity contribution < 1.29 is 0 Å². The molecule has 1 aliphatic rings. The van der Waals surface area contributed by atoms with Gasteiger partial charge in [-0.25, -0.2) is 9.97 Å². The van der Waals surface area contributed by atoms with Crippen LogP contribution in [0.15, 0.2) is 35.4 Å². The Balaban J connectivity index is 1.59. The molecular weight excluding hydrogens is 304 g/mol. The van der Waals surface area contributed by atoms with Crippen molar-refractivity contribution in [3.8, 4) is 0 Å². The Hall–Kier alpha value is -1.59. The highest BCUT2D eigenvalue weighted by Crippen LogP contribution is 2.28. The van der Waals surface area contributed by atoms with Crippen LogP contribution in [0.1, 0.15) is 25.0 Å². The normalized spacial score (nSPS) is 16.4. The molecule has 120 valence electrons. The molecule has 4 rings (SSSR count). The molecule has 3 aromatic rings. The molecule has 1 fully saturated rings. The largest absolute Gasteiger partial charge is 0.303 e. The average Bonchev–Trinajstić information content (AvgIpc) is 2.94. The number of rotatable bonds is 4. The molecule has 1 aromatic carbocycles. The van der Waals surface area contributed by atoms with Crippen molar-refractivity contribution in [3.63, 3.8) is 0 Å². The summed E-state index contributed by atoms with van der Waals surface area (Å²) in [4.78, 5) is 11.9. The molecule has 0 radical (unpaired) electrons. The van der Waals surface area contributed by atoms with E-state index >= 15 is 0 Å². The third-order valence-electron chi connectivity index (χ3n) is 4.53. The molecule has 0 aliphatic carbocycles. The summed E-state index contributed by atoms with van der Waals surface area (Å²) in [7, 11) is 0. The summed E-state index contributed by atoms with van der Waals surface area (Å²) in [5, 5.41) is 1.24. The average molecular weight is 326 g/mol. The summed E-state index contributed by atoms with van der Waals surface area (Å²) in [5.41, 5.74) is 3.24. The van der Waals surface area contributed by atoms with Crippen molar-refractivity contribution in [2.24, 2.45) is 0 Å². The molecule has 1 aliphatic heterocycles. The second-order valence-corrected chi connectivity index (χ2v) is 7.27. The first-order valence-corrected chi connectivity index (χ1v) is 9.40. The number of nitrogens with zero attached hydrogens (tertiary/aromatic N) is 4. The third kappa shape index (κ3) is 2.95. The van der Waals surface area contributed by atoms with E-state index in [0.29, 0.717) is 0 Å². The highest BCUT2D eigenvalue weighted by molar-refractivity contribution is 7.99. The van der Waals surface area contributed by atoms with Gasteiger partial charge in [-0.05, 0) is 45.0 Å². The zero-order valence-corrected chi connectivity index (χ0v) is 14.4. The van der Waals surface area contributed by atoms with Crippen LogP contribution in [0.25, 0.3) is 16.8 Å². The van der Waals surface area contributed by atoms with Gasteiger partial charge in [0.05, 0.1) is 16.7 Å². The van der Waals surface area contributed by atoms with Crippen molar-refractivity contribution in [2.75, 3.05) is 25.4 Å². The Morgan fingerprint density at radius 3 is 2.74 bits per heavy atom. The van der Waals surface area contributed by atoms with E-state index in [1.54, 1.807) is 0 Å². The summed E-state index contributed by atoms with van der Waals surface area (Å²) < 4.78 is 2.21. The van der Waals surface area contributed by atoms with E-state index in [0.717, 1.165) is 34.8 Å². The summed E-state index contributed by atoms with van der Waals surface area (Å²) in [6.07, 6.45) is 4.11. The number of likely N-dealkylation sites (tertiary alicyclic amines) is 1. The molecule has 3 heterocycles. The fraction of sp³-hybridized carbons (Fsp3) is 0.444. The number of aryl methyl sites for hydroxylation is 1. The fourth-order valence-electron chi connectivity index (χ4n) is 3.34. The minimum Gasteiger partial charge on any atom is -0.303 e. The predicted octanol–water partition coefficient (Wildman–Crippen LogP) is 3.77. The topological polar surface area (TPSA) is 33.4 Å². The standard InChI is InChI=1S/C18H22N4S/c1-14-17(23-13-12-21-10-6-3-7-11-21)22-16-9-5-2-4-8-15(16)20-18(22)19-14/h2,4-5,8-9H,3,6-7,10-13H2,1H3. The van der Waals surface area contributed by atoms with Gasteiger partial charge in [-0.2, -0.15) is 0 Å². The molecular formula is C18H22N4S. The summed E-state index contributed by atoms with van der Waals surface area (Å²) >= 11 is 1.91. The Labute approximate surface area is 140 Å². The Bertz CT molecular complexity index is 820. The van der Waals surface area contributed by atoms with E-state index in [4.69, 9.17) is 0 Å². The maximum absolute atomic E-state index is 4.66. The highest BCUT2D eigenvalue weighted by atomic mass is 32.2. The summed E-state index contributed by atoms with van der Waals surface area (Å²) in [5.74, 6) is 1.93. The van der Waals surface area contributed by atoms with Crippen LogP contribution in [0.4, 0.5) is 0 Å². The van der Waals surface area contributed by atoms with Crippen LogP contribution in [0, 0.1) is 6.92 Å². The van der Waals surface area contributed by atoms with Gasteiger partial charge in [0.2, 0.25) is 5.78 Å². The Kier molecular flexibility index (Phi) is 4.23. The van der Waals surface area contributed by atoms with Gasteiger partial charge < -0.3 is 4.90 Å². The molecule has 2 aromatic heterocycles. The van der Waals surface area contributed by atoms with Crippen LogP contribution in [0.5, 0.6) is 0 Å². The highest BCUT2D eigenvalue weighted by Gasteiger charge is 2.16. The quantitative estimate of drug-likeness (QED) is 0.683. The van der Waals surface area contributed by atoms with Gasteiger partial charge in [0.1, 0.15) is 5.03 Å². The first kappa shape index (κ1) is 15.0. The maximum Gasteiger partial charge on any atom is 0.236 e. The second kappa shape index (κ2) is 6.49. The molecule has 23 heavy (non-hydrogen) atoms. The van der Waals surface area contributed by atoms with Crippen molar-refractivity contribution in [3.05, 3.63) is 36.0 Å². The van der Waals surface area contributed by atoms with Crippen LogP contribution in [-0.2, 0) is 0 Å². The van der Waals surface area contributed by atoms with E-state index in [2.05, 4.69) is 44.4 Å². The lowest BCUT2D eigenvalue weighted by Crippen LogP contribution is -2.31. The van der Waals surface area contributed by atoms with Crippen molar-refractivity contribution >= 4 is 28.6 Å². The van der Waals surface area contributed by atoms with Gasteiger partial charge in [-0.15, -0.1) is 11.8 Å². The van der Waals surface area contributed by atoms with Crippen LogP contribution in [-0.4, -0.2) is 44.7 Å². The van der Waals surface area contributed by atoms with Gasteiger partial charge in [0.15, 0.2) is 0 Å². The molecule has 5 heteroatoms. The lowest BCUT2D eigenvalue weighted by Gasteiger charge is -2.26. The summed E-state index contributed by atoms with van der Waals surface area (Å²) in [6, 6.07) is 10.3. The number of piperidine rings is 1. The van der Waals surface area contributed by atoms with E-state index in [9.17, 15) is 0 Å². The van der Waals surface area contributed by atoms with Crippen LogP contribution in [0.2, 0.25) is 0 Å². The van der Waals surface area contributed by atoms with Gasteiger partial charge >= 0.3 is 0 Å². The first-order valence-electron chi connectivity index (χ1n) is 8.42. The number of fused-ring (bicyclic) bond motifs is 3. The van der Waals surface area contributed by atoms with Crippen molar-refractivity contribution in [1.82, 2.24) is 19.3 Å². The Morgan fingerprint density at radius 2 is 1.87 bits per heavy atom. The number of thioether (sulfide) groups is 1.